The lowest BCUT2D eigenvalue weighted by molar-refractivity contribution is 0.182. The number of nitrogens with zero attached hydrogens (tertiary/aromatic N) is 2. The summed E-state index contributed by atoms with van der Waals surface area (Å²) in [6.07, 6.45) is 2.10. The summed E-state index contributed by atoms with van der Waals surface area (Å²) in [5, 5.41) is 0.564. The van der Waals surface area contributed by atoms with Crippen molar-refractivity contribution in [2.24, 2.45) is 0 Å². The van der Waals surface area contributed by atoms with Crippen LogP contribution in [0.15, 0.2) is 12.1 Å². The summed E-state index contributed by atoms with van der Waals surface area (Å²) in [4.78, 5) is 2.22. The Morgan fingerprint density at radius 3 is 2.52 bits per heavy atom. The van der Waals surface area contributed by atoms with Gasteiger partial charge in [0, 0.05) is 39.1 Å². The first-order valence-corrected chi connectivity index (χ1v) is 9.91. The minimum Gasteiger partial charge on any atom is -0.489 e. The second-order valence-corrected chi connectivity index (χ2v) is 8.28. The Hall–Kier alpha value is -1.02. The molecule has 0 radical (unpaired) electrons. The van der Waals surface area contributed by atoms with Gasteiger partial charge >= 0.3 is 0 Å². The average Bonchev–Trinajstić information content (AvgIpc) is 2.72. The van der Waals surface area contributed by atoms with Gasteiger partial charge in [0.2, 0.25) is 10.0 Å². The first-order valence-electron chi connectivity index (χ1n) is 7.69. The predicted octanol–water partition coefficient (Wildman–Crippen LogP) is 1.58. The van der Waals surface area contributed by atoms with Gasteiger partial charge in [-0.15, -0.1) is 0 Å². The molecule has 6 nitrogen and oxygen atoms in total. The molecule has 23 heavy (non-hydrogen) atoms. The third-order valence-corrected chi connectivity index (χ3v) is 5.65. The summed E-state index contributed by atoms with van der Waals surface area (Å²) in [6.45, 7) is 4.42. The third kappa shape index (κ3) is 4.09. The number of sulfonamides is 1. The maximum absolute atomic E-state index is 11.5. The minimum absolute atomic E-state index is 0.525. The molecule has 2 heterocycles. The first-order chi connectivity index (χ1) is 10.9. The Bertz CT molecular complexity index is 672. The SMILES string of the molecule is CS(=O)(=O)N1CCN(Cc2cc(Cl)c3c(c2)OCCCO3)CC1. The second-order valence-electron chi connectivity index (χ2n) is 5.89. The van der Waals surface area contributed by atoms with Gasteiger partial charge in [-0.2, -0.15) is 4.31 Å². The lowest BCUT2D eigenvalue weighted by Gasteiger charge is -2.33. The zero-order valence-electron chi connectivity index (χ0n) is 13.1. The normalized spacial score (nSPS) is 20.3. The number of rotatable bonds is 3. The first kappa shape index (κ1) is 16.8. The molecule has 0 atom stereocenters. The Balaban J connectivity index is 1.67. The number of fused-ring (bicyclic) bond motifs is 1. The van der Waals surface area contributed by atoms with Crippen LogP contribution >= 0.6 is 11.6 Å². The van der Waals surface area contributed by atoms with Gasteiger partial charge in [-0.1, -0.05) is 11.6 Å². The van der Waals surface area contributed by atoms with Gasteiger partial charge in [-0.3, -0.25) is 4.90 Å². The lowest BCUT2D eigenvalue weighted by atomic mass is 10.1. The zero-order chi connectivity index (χ0) is 16.4. The van der Waals surface area contributed by atoms with Crippen molar-refractivity contribution in [2.45, 2.75) is 13.0 Å². The molecule has 1 saturated heterocycles. The Morgan fingerprint density at radius 2 is 1.83 bits per heavy atom. The molecule has 1 fully saturated rings. The summed E-state index contributed by atoms with van der Waals surface area (Å²) in [6, 6.07) is 3.87. The topological polar surface area (TPSA) is 59.1 Å². The van der Waals surface area contributed by atoms with Gasteiger partial charge in [0.1, 0.15) is 0 Å². The molecule has 0 spiro atoms. The van der Waals surface area contributed by atoms with E-state index in [2.05, 4.69) is 4.90 Å². The predicted molar refractivity (Wildman–Crippen MR) is 88.8 cm³/mol. The van der Waals surface area contributed by atoms with Gasteiger partial charge in [0.25, 0.3) is 0 Å². The van der Waals surface area contributed by atoms with Crippen molar-refractivity contribution in [1.82, 2.24) is 9.21 Å². The van der Waals surface area contributed by atoms with Crippen LogP contribution in [-0.4, -0.2) is 63.3 Å². The summed E-state index contributed by atoms with van der Waals surface area (Å²) in [5.74, 6) is 1.31. The van der Waals surface area contributed by atoms with Crippen LogP contribution in [0.1, 0.15) is 12.0 Å². The zero-order valence-corrected chi connectivity index (χ0v) is 14.7. The van der Waals surface area contributed by atoms with E-state index >= 15 is 0 Å². The highest BCUT2D eigenvalue weighted by Crippen LogP contribution is 2.38. The van der Waals surface area contributed by atoms with E-state index in [4.69, 9.17) is 21.1 Å². The van der Waals surface area contributed by atoms with Crippen LogP contribution in [0.3, 0.4) is 0 Å². The van der Waals surface area contributed by atoms with E-state index in [1.54, 1.807) is 0 Å². The highest BCUT2D eigenvalue weighted by atomic mass is 35.5. The molecule has 0 bridgehead atoms. The summed E-state index contributed by atoms with van der Waals surface area (Å²) in [7, 11) is -3.10. The molecular weight excluding hydrogens is 340 g/mol. The molecule has 0 aromatic heterocycles. The number of ether oxygens (including phenoxy) is 2. The van der Waals surface area contributed by atoms with Crippen LogP contribution in [0.5, 0.6) is 11.5 Å². The number of halogens is 1. The quantitative estimate of drug-likeness (QED) is 0.819. The fourth-order valence-electron chi connectivity index (χ4n) is 2.85. The molecule has 0 amide bonds. The monoisotopic (exact) mass is 360 g/mol. The van der Waals surface area contributed by atoms with Crippen molar-refractivity contribution in [2.75, 3.05) is 45.6 Å². The number of piperazine rings is 1. The average molecular weight is 361 g/mol. The third-order valence-electron chi connectivity index (χ3n) is 4.07. The minimum atomic E-state index is -3.10. The molecule has 0 N–H and O–H groups in total. The smallest absolute Gasteiger partial charge is 0.211 e. The van der Waals surface area contributed by atoms with Crippen LogP contribution in [-0.2, 0) is 16.6 Å². The summed E-state index contributed by atoms with van der Waals surface area (Å²) < 4.78 is 36.0. The molecule has 0 aliphatic carbocycles. The Labute approximate surface area is 142 Å². The van der Waals surface area contributed by atoms with Gasteiger partial charge in [0.05, 0.1) is 24.5 Å². The lowest BCUT2D eigenvalue weighted by Crippen LogP contribution is -2.47. The van der Waals surface area contributed by atoms with Gasteiger partial charge < -0.3 is 9.47 Å². The maximum Gasteiger partial charge on any atom is 0.211 e. The Kier molecular flexibility index (Phi) is 5.01. The highest BCUT2D eigenvalue weighted by Gasteiger charge is 2.24. The highest BCUT2D eigenvalue weighted by molar-refractivity contribution is 7.88. The molecule has 3 rings (SSSR count). The van der Waals surface area contributed by atoms with Crippen molar-refractivity contribution < 1.29 is 17.9 Å². The van der Waals surface area contributed by atoms with Crippen molar-refractivity contribution in [1.29, 1.82) is 0 Å². The number of hydrogen-bond donors (Lipinski definition) is 0. The summed E-state index contributed by atoms with van der Waals surface area (Å²) >= 11 is 6.31. The van der Waals surface area contributed by atoms with Crippen LogP contribution < -0.4 is 9.47 Å². The number of hydrogen-bond acceptors (Lipinski definition) is 5. The second kappa shape index (κ2) is 6.84. The van der Waals surface area contributed by atoms with Crippen molar-refractivity contribution >= 4 is 21.6 Å². The standard InChI is InChI=1S/C15H21ClN2O4S/c1-23(19,20)18-5-3-17(4-6-18)11-12-9-13(16)15-14(10-12)21-7-2-8-22-15/h9-10H,2-8,11H2,1H3. The van der Waals surface area contributed by atoms with Crippen molar-refractivity contribution in [3.05, 3.63) is 22.7 Å². The fourth-order valence-corrected chi connectivity index (χ4v) is 3.97. The summed E-state index contributed by atoms with van der Waals surface area (Å²) in [5.41, 5.74) is 1.05. The van der Waals surface area contributed by atoms with E-state index in [0.717, 1.165) is 12.0 Å². The molecule has 128 valence electrons. The molecule has 2 aliphatic rings. The molecule has 0 unspecified atom stereocenters. The molecular formula is C15H21ClN2O4S. The van der Waals surface area contributed by atoms with E-state index in [9.17, 15) is 8.42 Å². The molecule has 0 saturated carbocycles. The van der Waals surface area contributed by atoms with E-state index in [1.807, 2.05) is 12.1 Å². The van der Waals surface area contributed by atoms with E-state index in [-0.39, 0.29) is 0 Å². The van der Waals surface area contributed by atoms with E-state index in [0.29, 0.717) is 62.5 Å². The van der Waals surface area contributed by atoms with Crippen molar-refractivity contribution in [3.63, 3.8) is 0 Å². The van der Waals surface area contributed by atoms with Crippen LogP contribution in [0.25, 0.3) is 0 Å². The van der Waals surface area contributed by atoms with Crippen LogP contribution in [0.2, 0.25) is 5.02 Å². The molecule has 1 aromatic rings. The van der Waals surface area contributed by atoms with E-state index < -0.39 is 10.0 Å². The van der Waals surface area contributed by atoms with Gasteiger partial charge in [-0.25, -0.2) is 8.42 Å². The number of benzene rings is 1. The van der Waals surface area contributed by atoms with Crippen molar-refractivity contribution in [3.8, 4) is 11.5 Å². The largest absolute Gasteiger partial charge is 0.489 e. The molecule has 8 heteroatoms. The fraction of sp³-hybridized carbons (Fsp3) is 0.600. The van der Waals surface area contributed by atoms with E-state index in [1.165, 1.54) is 10.6 Å². The van der Waals surface area contributed by atoms with Crippen LogP contribution in [0, 0.1) is 0 Å². The Morgan fingerprint density at radius 1 is 1.13 bits per heavy atom. The molecule has 1 aromatic carbocycles. The van der Waals surface area contributed by atoms with Gasteiger partial charge in [-0.05, 0) is 17.7 Å². The maximum atomic E-state index is 11.5. The molecule has 2 aliphatic heterocycles. The van der Waals surface area contributed by atoms with Crippen LogP contribution in [0.4, 0.5) is 0 Å². The van der Waals surface area contributed by atoms with Gasteiger partial charge in [0.15, 0.2) is 11.5 Å².